The molecule has 0 aliphatic heterocycles. The molecule has 3 nitrogen and oxygen atoms in total. The first-order valence-electron chi connectivity index (χ1n) is 5.15. The van der Waals surface area contributed by atoms with Gasteiger partial charge in [0.15, 0.2) is 0 Å². The van der Waals surface area contributed by atoms with Gasteiger partial charge in [-0.25, -0.2) is 0 Å². The van der Waals surface area contributed by atoms with Crippen LogP contribution in [0.1, 0.15) is 5.56 Å². The summed E-state index contributed by atoms with van der Waals surface area (Å²) in [4.78, 5) is 3.96. The van der Waals surface area contributed by atoms with Crippen molar-refractivity contribution in [1.29, 1.82) is 0 Å². The Labute approximate surface area is 109 Å². The molecule has 0 radical (unpaired) electrons. The summed E-state index contributed by atoms with van der Waals surface area (Å²) in [6, 6.07) is 9.48. The summed E-state index contributed by atoms with van der Waals surface area (Å²) in [5, 5.41) is 0. The zero-order valence-electron chi connectivity index (χ0n) is 9.39. The normalized spacial score (nSPS) is 10.0. The first-order valence-corrected chi connectivity index (χ1v) is 5.94. The van der Waals surface area contributed by atoms with Crippen LogP contribution in [0.5, 0.6) is 11.5 Å². The van der Waals surface area contributed by atoms with Gasteiger partial charge in [0, 0.05) is 12.4 Å². The second-order valence-corrected chi connectivity index (χ2v) is 4.29. The fourth-order valence-corrected chi connectivity index (χ4v) is 1.84. The lowest BCUT2D eigenvalue weighted by molar-refractivity contribution is 0.303. The molecule has 0 fully saturated rings. The molecule has 1 aromatic heterocycles. The number of aromatic nitrogens is 1. The van der Waals surface area contributed by atoms with E-state index in [2.05, 4.69) is 20.9 Å². The highest BCUT2D eigenvalue weighted by atomic mass is 79.9. The third kappa shape index (κ3) is 3.20. The van der Waals surface area contributed by atoms with Gasteiger partial charge < -0.3 is 9.47 Å². The summed E-state index contributed by atoms with van der Waals surface area (Å²) in [5.74, 6) is 1.59. The Morgan fingerprint density at radius 3 is 2.59 bits per heavy atom. The van der Waals surface area contributed by atoms with E-state index in [4.69, 9.17) is 9.47 Å². The number of methoxy groups -OCH3 is 1. The third-order valence-electron chi connectivity index (χ3n) is 2.28. The molecule has 0 atom stereocenters. The molecule has 0 amide bonds. The van der Waals surface area contributed by atoms with E-state index in [1.807, 2.05) is 30.3 Å². The fourth-order valence-electron chi connectivity index (χ4n) is 1.37. The molecule has 1 aromatic carbocycles. The summed E-state index contributed by atoms with van der Waals surface area (Å²) < 4.78 is 11.7. The number of halogens is 1. The second kappa shape index (κ2) is 5.68. The van der Waals surface area contributed by atoms with Gasteiger partial charge >= 0.3 is 0 Å². The van der Waals surface area contributed by atoms with Gasteiger partial charge in [-0.3, -0.25) is 4.98 Å². The topological polar surface area (TPSA) is 31.4 Å². The maximum Gasteiger partial charge on any atom is 0.134 e. The molecule has 2 rings (SSSR count). The molecular weight excluding hydrogens is 282 g/mol. The number of benzene rings is 1. The summed E-state index contributed by atoms with van der Waals surface area (Å²) >= 11 is 3.44. The lowest BCUT2D eigenvalue weighted by Gasteiger charge is -2.09. The highest BCUT2D eigenvalue weighted by Gasteiger charge is 2.03. The van der Waals surface area contributed by atoms with Crippen molar-refractivity contribution >= 4 is 15.9 Å². The average molecular weight is 294 g/mol. The quantitative estimate of drug-likeness (QED) is 0.865. The molecule has 0 aliphatic carbocycles. The van der Waals surface area contributed by atoms with Gasteiger partial charge in [0.25, 0.3) is 0 Å². The molecular formula is C13H12BrNO2. The Hall–Kier alpha value is -1.55. The van der Waals surface area contributed by atoms with E-state index in [1.54, 1.807) is 19.5 Å². The van der Waals surface area contributed by atoms with Gasteiger partial charge in [-0.15, -0.1) is 0 Å². The molecule has 0 unspecified atom stereocenters. The SMILES string of the molecule is COc1ccc(OCc2ccncc2)c(Br)c1. The van der Waals surface area contributed by atoms with E-state index in [1.165, 1.54) is 0 Å². The predicted octanol–water partition coefficient (Wildman–Crippen LogP) is 3.43. The summed E-state index contributed by atoms with van der Waals surface area (Å²) in [6.07, 6.45) is 3.50. The number of pyridine rings is 1. The van der Waals surface area contributed by atoms with Crippen LogP contribution in [0.3, 0.4) is 0 Å². The number of hydrogen-bond acceptors (Lipinski definition) is 3. The smallest absolute Gasteiger partial charge is 0.134 e. The summed E-state index contributed by atoms with van der Waals surface area (Å²) in [5.41, 5.74) is 1.09. The van der Waals surface area contributed by atoms with E-state index >= 15 is 0 Å². The second-order valence-electron chi connectivity index (χ2n) is 3.44. The monoisotopic (exact) mass is 293 g/mol. The van der Waals surface area contributed by atoms with Gasteiger partial charge in [-0.05, 0) is 51.8 Å². The van der Waals surface area contributed by atoms with E-state index in [9.17, 15) is 0 Å². The Bertz CT molecular complexity index is 488. The van der Waals surface area contributed by atoms with Gasteiger partial charge in [0.1, 0.15) is 18.1 Å². The third-order valence-corrected chi connectivity index (χ3v) is 2.90. The highest BCUT2D eigenvalue weighted by Crippen LogP contribution is 2.29. The van der Waals surface area contributed by atoms with E-state index in [0.29, 0.717) is 6.61 Å². The maximum atomic E-state index is 5.69. The van der Waals surface area contributed by atoms with Crippen LogP contribution < -0.4 is 9.47 Å². The molecule has 1 heterocycles. The molecule has 88 valence electrons. The van der Waals surface area contributed by atoms with Crippen molar-refractivity contribution in [2.75, 3.05) is 7.11 Å². The minimum atomic E-state index is 0.521. The van der Waals surface area contributed by atoms with E-state index in [0.717, 1.165) is 21.5 Å². The predicted molar refractivity (Wildman–Crippen MR) is 69.3 cm³/mol. The van der Waals surface area contributed by atoms with Gasteiger partial charge in [0.2, 0.25) is 0 Å². The molecule has 0 N–H and O–H groups in total. The lowest BCUT2D eigenvalue weighted by Crippen LogP contribution is -1.96. The Kier molecular flexibility index (Phi) is 3.98. The number of rotatable bonds is 4. The van der Waals surface area contributed by atoms with Crippen molar-refractivity contribution in [2.24, 2.45) is 0 Å². The molecule has 0 aliphatic rings. The molecule has 0 saturated heterocycles. The van der Waals surface area contributed by atoms with E-state index < -0.39 is 0 Å². The lowest BCUT2D eigenvalue weighted by atomic mass is 10.3. The van der Waals surface area contributed by atoms with Crippen molar-refractivity contribution in [3.8, 4) is 11.5 Å². The van der Waals surface area contributed by atoms with Crippen molar-refractivity contribution in [1.82, 2.24) is 4.98 Å². The Morgan fingerprint density at radius 2 is 1.94 bits per heavy atom. The van der Waals surface area contributed by atoms with Crippen LogP contribution in [-0.2, 0) is 6.61 Å². The van der Waals surface area contributed by atoms with E-state index in [-0.39, 0.29) is 0 Å². The molecule has 0 bridgehead atoms. The Morgan fingerprint density at radius 1 is 1.18 bits per heavy atom. The molecule has 4 heteroatoms. The van der Waals surface area contributed by atoms with Crippen LogP contribution in [0.2, 0.25) is 0 Å². The standard InChI is InChI=1S/C13H12BrNO2/c1-16-11-2-3-13(12(14)8-11)17-9-10-4-6-15-7-5-10/h2-8H,9H2,1H3. The van der Waals surface area contributed by atoms with Crippen LogP contribution in [0.25, 0.3) is 0 Å². The van der Waals surface area contributed by atoms with Crippen LogP contribution in [0.15, 0.2) is 47.2 Å². The first kappa shape index (κ1) is 11.9. The maximum absolute atomic E-state index is 5.69. The van der Waals surface area contributed by atoms with Crippen LogP contribution >= 0.6 is 15.9 Å². The van der Waals surface area contributed by atoms with Crippen LogP contribution in [0.4, 0.5) is 0 Å². The summed E-state index contributed by atoms with van der Waals surface area (Å²) in [6.45, 7) is 0.521. The number of hydrogen-bond donors (Lipinski definition) is 0. The van der Waals surface area contributed by atoms with Crippen molar-refractivity contribution in [3.63, 3.8) is 0 Å². The minimum Gasteiger partial charge on any atom is -0.497 e. The van der Waals surface area contributed by atoms with Crippen molar-refractivity contribution in [3.05, 3.63) is 52.8 Å². The Balaban J connectivity index is 2.04. The fraction of sp³-hybridized carbons (Fsp3) is 0.154. The molecule has 2 aromatic rings. The van der Waals surface area contributed by atoms with Crippen LogP contribution in [0, 0.1) is 0 Å². The average Bonchev–Trinajstić information content (AvgIpc) is 2.38. The zero-order valence-corrected chi connectivity index (χ0v) is 11.0. The zero-order chi connectivity index (χ0) is 12.1. The molecule has 0 spiro atoms. The van der Waals surface area contributed by atoms with Gasteiger partial charge in [-0.2, -0.15) is 0 Å². The van der Waals surface area contributed by atoms with Gasteiger partial charge in [0.05, 0.1) is 11.6 Å². The number of nitrogens with zero attached hydrogens (tertiary/aromatic N) is 1. The van der Waals surface area contributed by atoms with Crippen LogP contribution in [-0.4, -0.2) is 12.1 Å². The van der Waals surface area contributed by atoms with Crippen molar-refractivity contribution in [2.45, 2.75) is 6.61 Å². The van der Waals surface area contributed by atoms with Crippen molar-refractivity contribution < 1.29 is 9.47 Å². The van der Waals surface area contributed by atoms with Gasteiger partial charge in [-0.1, -0.05) is 0 Å². The summed E-state index contributed by atoms with van der Waals surface area (Å²) in [7, 11) is 1.64. The molecule has 0 saturated carbocycles. The highest BCUT2D eigenvalue weighted by molar-refractivity contribution is 9.10. The number of ether oxygens (including phenoxy) is 2. The first-order chi connectivity index (χ1) is 8.29. The largest absolute Gasteiger partial charge is 0.497 e. The molecule has 17 heavy (non-hydrogen) atoms. The minimum absolute atomic E-state index is 0.521.